The van der Waals surface area contributed by atoms with Crippen LogP contribution in [-0.2, 0) is 0 Å². The maximum absolute atomic E-state index is 9.49. The van der Waals surface area contributed by atoms with E-state index in [-0.39, 0.29) is 12.6 Å². The van der Waals surface area contributed by atoms with Gasteiger partial charge in [-0.25, -0.2) is 4.98 Å². The standard InChI is InChI=1S/C13H22N4O/c1-3-14-13-15-8-10(2)12(16-13)17-7-5-4-6-11(17)9-18/h8,11,18H,3-7,9H2,1-2H3,(H,14,15,16). The van der Waals surface area contributed by atoms with Gasteiger partial charge in [0.05, 0.1) is 12.6 Å². The fraction of sp³-hybridized carbons (Fsp3) is 0.692. The first kappa shape index (κ1) is 13.1. The first-order valence-electron chi connectivity index (χ1n) is 6.71. The predicted octanol–water partition coefficient (Wildman–Crippen LogP) is 1.57. The van der Waals surface area contributed by atoms with E-state index >= 15 is 0 Å². The topological polar surface area (TPSA) is 61.3 Å². The quantitative estimate of drug-likeness (QED) is 0.849. The van der Waals surface area contributed by atoms with Crippen molar-refractivity contribution in [2.45, 2.75) is 39.2 Å². The minimum absolute atomic E-state index is 0.194. The average molecular weight is 250 g/mol. The highest BCUT2D eigenvalue weighted by Crippen LogP contribution is 2.26. The largest absolute Gasteiger partial charge is 0.394 e. The fourth-order valence-corrected chi connectivity index (χ4v) is 2.44. The highest BCUT2D eigenvalue weighted by molar-refractivity contribution is 5.50. The van der Waals surface area contributed by atoms with Crippen LogP contribution in [0.2, 0.25) is 0 Å². The lowest BCUT2D eigenvalue weighted by Crippen LogP contribution is -2.42. The molecule has 2 heterocycles. The third kappa shape index (κ3) is 2.72. The van der Waals surface area contributed by atoms with Gasteiger partial charge in [0.25, 0.3) is 0 Å². The smallest absolute Gasteiger partial charge is 0.224 e. The van der Waals surface area contributed by atoms with Gasteiger partial charge in [0.1, 0.15) is 5.82 Å². The van der Waals surface area contributed by atoms with Crippen LogP contribution in [0, 0.1) is 6.92 Å². The molecule has 0 saturated carbocycles. The monoisotopic (exact) mass is 250 g/mol. The first-order valence-corrected chi connectivity index (χ1v) is 6.71. The molecule has 0 aliphatic carbocycles. The normalized spacial score (nSPS) is 19.9. The molecule has 5 nitrogen and oxygen atoms in total. The van der Waals surface area contributed by atoms with E-state index in [1.165, 1.54) is 6.42 Å². The molecule has 2 N–H and O–H groups in total. The minimum Gasteiger partial charge on any atom is -0.394 e. The van der Waals surface area contributed by atoms with Gasteiger partial charge in [0.2, 0.25) is 5.95 Å². The van der Waals surface area contributed by atoms with E-state index in [0.29, 0.717) is 5.95 Å². The Labute approximate surface area is 108 Å². The number of nitrogens with zero attached hydrogens (tertiary/aromatic N) is 3. The number of hydrogen-bond donors (Lipinski definition) is 2. The Morgan fingerprint density at radius 1 is 1.50 bits per heavy atom. The lowest BCUT2D eigenvalue weighted by molar-refractivity contribution is 0.239. The summed E-state index contributed by atoms with van der Waals surface area (Å²) in [5.74, 6) is 1.63. The zero-order valence-corrected chi connectivity index (χ0v) is 11.2. The van der Waals surface area contributed by atoms with Crippen LogP contribution in [0.25, 0.3) is 0 Å². The first-order chi connectivity index (χ1) is 8.76. The van der Waals surface area contributed by atoms with Gasteiger partial charge in [-0.3, -0.25) is 0 Å². The third-order valence-corrected chi connectivity index (χ3v) is 3.39. The second kappa shape index (κ2) is 6.00. The Hall–Kier alpha value is -1.36. The molecule has 1 aliphatic heterocycles. The number of anilines is 2. The van der Waals surface area contributed by atoms with Crippen molar-refractivity contribution in [3.8, 4) is 0 Å². The van der Waals surface area contributed by atoms with Crippen LogP contribution in [-0.4, -0.2) is 40.8 Å². The summed E-state index contributed by atoms with van der Waals surface area (Å²) < 4.78 is 0. The molecule has 1 aromatic rings. The van der Waals surface area contributed by atoms with Gasteiger partial charge >= 0.3 is 0 Å². The Kier molecular flexibility index (Phi) is 4.36. The maximum Gasteiger partial charge on any atom is 0.224 e. The molecule has 0 spiro atoms. The van der Waals surface area contributed by atoms with Gasteiger partial charge in [0, 0.05) is 24.8 Å². The summed E-state index contributed by atoms with van der Waals surface area (Å²) in [6, 6.07) is 0.196. The molecule has 5 heteroatoms. The molecule has 1 unspecified atom stereocenters. The number of nitrogens with one attached hydrogen (secondary N) is 1. The minimum atomic E-state index is 0.194. The molecule has 1 atom stereocenters. The summed E-state index contributed by atoms with van der Waals surface area (Å²) in [6.45, 7) is 6.02. The number of aromatic nitrogens is 2. The van der Waals surface area contributed by atoms with Crippen molar-refractivity contribution in [1.29, 1.82) is 0 Å². The van der Waals surface area contributed by atoms with Gasteiger partial charge in [-0.15, -0.1) is 0 Å². The molecule has 1 saturated heterocycles. The van der Waals surface area contributed by atoms with E-state index in [2.05, 4.69) is 20.2 Å². The van der Waals surface area contributed by atoms with Crippen LogP contribution >= 0.6 is 0 Å². The lowest BCUT2D eigenvalue weighted by atomic mass is 10.0. The summed E-state index contributed by atoms with van der Waals surface area (Å²) in [4.78, 5) is 11.1. The molecular formula is C13H22N4O. The van der Waals surface area contributed by atoms with E-state index in [9.17, 15) is 5.11 Å². The number of aryl methyl sites for hydroxylation is 1. The SMILES string of the molecule is CCNc1ncc(C)c(N2CCCCC2CO)n1. The van der Waals surface area contributed by atoms with Crippen LogP contribution in [0.1, 0.15) is 31.7 Å². The summed E-state index contributed by atoms with van der Waals surface area (Å²) in [5.41, 5.74) is 1.07. The maximum atomic E-state index is 9.49. The van der Waals surface area contributed by atoms with Crippen LogP contribution in [0.4, 0.5) is 11.8 Å². The fourth-order valence-electron chi connectivity index (χ4n) is 2.44. The average Bonchev–Trinajstić information content (AvgIpc) is 2.41. The number of hydrogen-bond acceptors (Lipinski definition) is 5. The van der Waals surface area contributed by atoms with Crippen LogP contribution in [0.15, 0.2) is 6.20 Å². The molecule has 100 valence electrons. The van der Waals surface area contributed by atoms with Crippen LogP contribution in [0.3, 0.4) is 0 Å². The molecule has 1 fully saturated rings. The van der Waals surface area contributed by atoms with Crippen LogP contribution in [0.5, 0.6) is 0 Å². The van der Waals surface area contributed by atoms with Crippen molar-refractivity contribution < 1.29 is 5.11 Å². The zero-order chi connectivity index (χ0) is 13.0. The highest BCUT2D eigenvalue weighted by atomic mass is 16.3. The Morgan fingerprint density at radius 3 is 3.06 bits per heavy atom. The van der Waals surface area contributed by atoms with E-state index in [4.69, 9.17) is 0 Å². The second-order valence-electron chi connectivity index (χ2n) is 4.76. The summed E-state index contributed by atoms with van der Waals surface area (Å²) in [7, 11) is 0. The number of piperidine rings is 1. The van der Waals surface area contributed by atoms with Gasteiger partial charge in [0.15, 0.2) is 0 Å². The summed E-state index contributed by atoms with van der Waals surface area (Å²) in [5, 5.41) is 12.6. The molecule has 0 aromatic carbocycles. The molecule has 1 aliphatic rings. The van der Waals surface area contributed by atoms with E-state index < -0.39 is 0 Å². The number of aliphatic hydroxyl groups is 1. The zero-order valence-electron chi connectivity index (χ0n) is 11.2. The van der Waals surface area contributed by atoms with Gasteiger partial charge in [-0.1, -0.05) is 0 Å². The summed E-state index contributed by atoms with van der Waals surface area (Å²) >= 11 is 0. The van der Waals surface area contributed by atoms with Gasteiger partial charge in [-0.2, -0.15) is 4.98 Å². The van der Waals surface area contributed by atoms with E-state index in [1.807, 2.05) is 20.0 Å². The lowest BCUT2D eigenvalue weighted by Gasteiger charge is -2.36. The van der Waals surface area contributed by atoms with E-state index in [1.54, 1.807) is 0 Å². The number of aliphatic hydroxyl groups excluding tert-OH is 1. The number of rotatable bonds is 4. The second-order valence-corrected chi connectivity index (χ2v) is 4.76. The molecule has 18 heavy (non-hydrogen) atoms. The predicted molar refractivity (Wildman–Crippen MR) is 73.0 cm³/mol. The van der Waals surface area contributed by atoms with Crippen molar-refractivity contribution in [2.24, 2.45) is 0 Å². The Bertz CT molecular complexity index is 397. The van der Waals surface area contributed by atoms with Gasteiger partial charge < -0.3 is 15.3 Å². The molecular weight excluding hydrogens is 228 g/mol. The third-order valence-electron chi connectivity index (χ3n) is 3.39. The van der Waals surface area contributed by atoms with Crippen molar-refractivity contribution in [2.75, 3.05) is 29.9 Å². The van der Waals surface area contributed by atoms with Crippen molar-refractivity contribution in [3.05, 3.63) is 11.8 Å². The van der Waals surface area contributed by atoms with Crippen LogP contribution < -0.4 is 10.2 Å². The summed E-state index contributed by atoms with van der Waals surface area (Å²) in [6.07, 6.45) is 5.24. The Morgan fingerprint density at radius 2 is 2.33 bits per heavy atom. The molecule has 0 amide bonds. The molecule has 2 rings (SSSR count). The van der Waals surface area contributed by atoms with Crippen molar-refractivity contribution >= 4 is 11.8 Å². The molecule has 0 bridgehead atoms. The Balaban J connectivity index is 2.26. The van der Waals surface area contributed by atoms with E-state index in [0.717, 1.165) is 37.3 Å². The van der Waals surface area contributed by atoms with Crippen molar-refractivity contribution in [3.63, 3.8) is 0 Å². The van der Waals surface area contributed by atoms with Gasteiger partial charge in [-0.05, 0) is 33.1 Å². The molecule has 1 aromatic heterocycles. The highest BCUT2D eigenvalue weighted by Gasteiger charge is 2.24. The molecule has 0 radical (unpaired) electrons. The van der Waals surface area contributed by atoms with Crippen molar-refractivity contribution in [1.82, 2.24) is 9.97 Å².